The number of hydrogen-bond donors (Lipinski definition) is 0. The van der Waals surface area contributed by atoms with Crippen molar-refractivity contribution >= 4 is 0 Å². The molecule has 0 unspecified atom stereocenters. The van der Waals surface area contributed by atoms with Gasteiger partial charge >= 0.3 is 0 Å². The van der Waals surface area contributed by atoms with Crippen LogP contribution in [0.3, 0.4) is 0 Å². The molecule has 0 bridgehead atoms. The van der Waals surface area contributed by atoms with Crippen molar-refractivity contribution in [2.24, 2.45) is 23.2 Å². The van der Waals surface area contributed by atoms with E-state index in [0.29, 0.717) is 0 Å². The van der Waals surface area contributed by atoms with Crippen molar-refractivity contribution in [2.45, 2.75) is 136 Å². The van der Waals surface area contributed by atoms with Gasteiger partial charge in [-0.1, -0.05) is 91.4 Å². The van der Waals surface area contributed by atoms with Crippen LogP contribution in [0.5, 0.6) is 0 Å². The van der Waals surface area contributed by atoms with Crippen LogP contribution in [0.25, 0.3) is 0 Å². The summed E-state index contributed by atoms with van der Waals surface area (Å²) in [7, 11) is 0. The van der Waals surface area contributed by atoms with Gasteiger partial charge in [0.05, 0.1) is 0 Å². The first-order valence-electron chi connectivity index (χ1n) is 12.2. The van der Waals surface area contributed by atoms with Crippen LogP contribution in [0, 0.1) is 23.2 Å². The molecule has 0 heteroatoms. The number of rotatable bonds is 11. The fraction of sp³-hybridized carbons (Fsp3) is 1.00. The first-order valence-corrected chi connectivity index (χ1v) is 12.2. The molecule has 0 radical (unpaired) electrons. The smallest absolute Gasteiger partial charge is 0.0300 e. The zero-order valence-electron chi connectivity index (χ0n) is 18.0. The van der Waals surface area contributed by atoms with Gasteiger partial charge in [-0.25, -0.2) is 0 Å². The van der Waals surface area contributed by atoms with E-state index < -0.39 is 0 Å². The van der Waals surface area contributed by atoms with Gasteiger partial charge in [0.15, 0.2) is 0 Å². The molecule has 2 fully saturated rings. The molecule has 2 rings (SSSR count). The molecule has 148 valence electrons. The van der Waals surface area contributed by atoms with E-state index >= 15 is 0 Å². The van der Waals surface area contributed by atoms with E-state index in [1.165, 1.54) is 64.2 Å². The summed E-state index contributed by atoms with van der Waals surface area (Å²) < 4.78 is 0. The molecule has 0 N–H and O–H groups in total. The molecule has 0 heterocycles. The standard InChI is InChI=1S/C25H48/c1-4-7-9-11-19-25(6-3)20-17-24(18-21-25)23-15-13-22(14-16-23)12-10-8-5-2/h22-24H,4-21H2,1-3H3/t22?,23?,24-,25-. The van der Waals surface area contributed by atoms with Crippen molar-refractivity contribution in [3.05, 3.63) is 0 Å². The molecule has 0 saturated heterocycles. The van der Waals surface area contributed by atoms with E-state index in [1.54, 1.807) is 51.4 Å². The van der Waals surface area contributed by atoms with E-state index in [1.807, 2.05) is 0 Å². The highest BCUT2D eigenvalue weighted by Crippen LogP contribution is 2.49. The lowest BCUT2D eigenvalue weighted by molar-refractivity contribution is 0.0797. The Balaban J connectivity index is 1.67. The summed E-state index contributed by atoms with van der Waals surface area (Å²) in [6.45, 7) is 7.14. The summed E-state index contributed by atoms with van der Waals surface area (Å²) in [6.07, 6.45) is 27.1. The zero-order valence-corrected chi connectivity index (χ0v) is 18.0. The predicted molar refractivity (Wildman–Crippen MR) is 113 cm³/mol. The minimum Gasteiger partial charge on any atom is -0.0654 e. The lowest BCUT2D eigenvalue weighted by Crippen LogP contribution is -2.31. The normalized spacial score (nSPS) is 33.5. The summed E-state index contributed by atoms with van der Waals surface area (Å²) in [5.74, 6) is 3.27. The fourth-order valence-electron chi connectivity index (χ4n) is 6.06. The Labute approximate surface area is 159 Å². The Morgan fingerprint density at radius 3 is 1.84 bits per heavy atom. The minimum absolute atomic E-state index is 0.738. The van der Waals surface area contributed by atoms with Crippen LogP contribution in [0.2, 0.25) is 0 Å². The molecule has 0 aliphatic heterocycles. The topological polar surface area (TPSA) is 0 Å². The van der Waals surface area contributed by atoms with Crippen LogP contribution < -0.4 is 0 Å². The molecule has 2 aliphatic rings. The Kier molecular flexibility index (Phi) is 9.93. The van der Waals surface area contributed by atoms with Crippen LogP contribution in [0.15, 0.2) is 0 Å². The van der Waals surface area contributed by atoms with Gasteiger partial charge in [0.1, 0.15) is 0 Å². The summed E-state index contributed by atoms with van der Waals surface area (Å²) in [5.41, 5.74) is 0.738. The Morgan fingerprint density at radius 2 is 1.24 bits per heavy atom. The maximum Gasteiger partial charge on any atom is -0.0300 e. The second-order valence-corrected chi connectivity index (χ2v) is 9.78. The maximum atomic E-state index is 2.47. The lowest BCUT2D eigenvalue weighted by Gasteiger charge is -2.44. The largest absolute Gasteiger partial charge is 0.0654 e. The highest BCUT2D eigenvalue weighted by molar-refractivity contribution is 4.88. The molecule has 0 amide bonds. The molecule has 0 nitrogen and oxygen atoms in total. The first-order chi connectivity index (χ1) is 12.2. The van der Waals surface area contributed by atoms with Crippen molar-refractivity contribution in [1.82, 2.24) is 0 Å². The van der Waals surface area contributed by atoms with Gasteiger partial charge in [-0.15, -0.1) is 0 Å². The van der Waals surface area contributed by atoms with E-state index in [2.05, 4.69) is 20.8 Å². The molecule has 25 heavy (non-hydrogen) atoms. The summed E-state index contributed by atoms with van der Waals surface area (Å²) in [4.78, 5) is 0. The van der Waals surface area contributed by atoms with E-state index in [9.17, 15) is 0 Å². The molecular weight excluding hydrogens is 300 g/mol. The van der Waals surface area contributed by atoms with Crippen molar-refractivity contribution in [3.63, 3.8) is 0 Å². The fourth-order valence-corrected chi connectivity index (χ4v) is 6.06. The predicted octanol–water partition coefficient (Wildman–Crippen LogP) is 8.93. The van der Waals surface area contributed by atoms with Crippen molar-refractivity contribution in [1.29, 1.82) is 0 Å². The summed E-state index contributed by atoms with van der Waals surface area (Å²) >= 11 is 0. The quantitative estimate of drug-likeness (QED) is 0.327. The molecular formula is C25H48. The average Bonchev–Trinajstić information content (AvgIpc) is 2.67. The number of hydrogen-bond acceptors (Lipinski definition) is 0. The molecule has 0 aromatic carbocycles. The second kappa shape index (κ2) is 11.7. The van der Waals surface area contributed by atoms with Gasteiger partial charge < -0.3 is 0 Å². The monoisotopic (exact) mass is 348 g/mol. The van der Waals surface area contributed by atoms with Gasteiger partial charge in [0, 0.05) is 0 Å². The molecule has 2 saturated carbocycles. The Morgan fingerprint density at radius 1 is 0.640 bits per heavy atom. The lowest BCUT2D eigenvalue weighted by atomic mass is 9.62. The average molecular weight is 349 g/mol. The number of unbranched alkanes of at least 4 members (excludes halogenated alkanes) is 5. The third-order valence-electron chi connectivity index (χ3n) is 8.18. The Bertz CT molecular complexity index is 315. The zero-order chi connectivity index (χ0) is 18.0. The van der Waals surface area contributed by atoms with E-state index in [4.69, 9.17) is 0 Å². The van der Waals surface area contributed by atoms with E-state index in [-0.39, 0.29) is 0 Å². The van der Waals surface area contributed by atoms with Gasteiger partial charge in [0.25, 0.3) is 0 Å². The van der Waals surface area contributed by atoms with Crippen LogP contribution in [0.1, 0.15) is 136 Å². The first kappa shape index (κ1) is 21.3. The maximum absolute atomic E-state index is 2.47. The van der Waals surface area contributed by atoms with Gasteiger partial charge in [-0.2, -0.15) is 0 Å². The van der Waals surface area contributed by atoms with Crippen molar-refractivity contribution in [3.8, 4) is 0 Å². The van der Waals surface area contributed by atoms with E-state index in [0.717, 1.165) is 23.2 Å². The van der Waals surface area contributed by atoms with Crippen LogP contribution in [0.4, 0.5) is 0 Å². The summed E-state index contributed by atoms with van der Waals surface area (Å²) in [6, 6.07) is 0. The van der Waals surface area contributed by atoms with Crippen LogP contribution in [-0.4, -0.2) is 0 Å². The summed E-state index contributed by atoms with van der Waals surface area (Å²) in [5, 5.41) is 0. The van der Waals surface area contributed by atoms with Gasteiger partial charge in [-0.3, -0.25) is 0 Å². The van der Waals surface area contributed by atoms with Crippen LogP contribution >= 0.6 is 0 Å². The highest BCUT2D eigenvalue weighted by Gasteiger charge is 2.36. The molecule has 2 aliphatic carbocycles. The Hall–Kier alpha value is 0. The minimum atomic E-state index is 0.738. The molecule has 0 aromatic heterocycles. The molecule has 0 spiro atoms. The van der Waals surface area contributed by atoms with Crippen molar-refractivity contribution < 1.29 is 0 Å². The van der Waals surface area contributed by atoms with Crippen molar-refractivity contribution in [2.75, 3.05) is 0 Å². The third kappa shape index (κ3) is 6.91. The molecule has 0 atom stereocenters. The van der Waals surface area contributed by atoms with Gasteiger partial charge in [0.2, 0.25) is 0 Å². The van der Waals surface area contributed by atoms with Gasteiger partial charge in [-0.05, 0) is 68.1 Å². The highest BCUT2D eigenvalue weighted by atomic mass is 14.4. The second-order valence-electron chi connectivity index (χ2n) is 9.78. The third-order valence-corrected chi connectivity index (χ3v) is 8.18. The molecule has 0 aromatic rings. The SMILES string of the molecule is CCCCCC[C@]1(CC)CC[C@@H](C2CCC(CCCCC)CC2)CC1. The van der Waals surface area contributed by atoms with Crippen LogP contribution in [-0.2, 0) is 0 Å².